The van der Waals surface area contributed by atoms with E-state index in [1.54, 1.807) is 0 Å². The lowest BCUT2D eigenvalue weighted by atomic mass is 10.1. The van der Waals surface area contributed by atoms with Gasteiger partial charge in [0.25, 0.3) is 5.91 Å². The molecule has 0 spiro atoms. The van der Waals surface area contributed by atoms with E-state index in [0.717, 1.165) is 16.9 Å². The maximum Gasteiger partial charge on any atom is 0.435 e. The fourth-order valence-electron chi connectivity index (χ4n) is 1.66. The average Bonchev–Trinajstić information content (AvgIpc) is 2.87. The first-order valence-corrected chi connectivity index (χ1v) is 5.58. The Kier molecular flexibility index (Phi) is 3.39. The number of aromatic nitrogens is 2. The Morgan fingerprint density at radius 2 is 2.05 bits per heavy atom. The van der Waals surface area contributed by atoms with Crippen molar-refractivity contribution in [1.29, 1.82) is 0 Å². The smallest absolute Gasteiger partial charge is 0.397 e. The van der Waals surface area contributed by atoms with Crippen LogP contribution < -0.4 is 11.1 Å². The summed E-state index contributed by atoms with van der Waals surface area (Å²) in [5, 5.41) is 5.84. The standard InChI is InChI=1S/C12H11F3N4O/c1-17-11(20)7-2-3-9(8(16)6-7)19-5-4-10(18-19)12(13,14)15/h2-6H,16H2,1H3,(H,17,20). The molecule has 0 atom stereocenters. The minimum atomic E-state index is -4.51. The first kappa shape index (κ1) is 13.9. The van der Waals surface area contributed by atoms with Crippen LogP contribution in [0.3, 0.4) is 0 Å². The number of nitrogen functional groups attached to an aromatic ring is 1. The molecule has 0 radical (unpaired) electrons. The highest BCUT2D eigenvalue weighted by molar-refractivity contribution is 5.95. The summed E-state index contributed by atoms with van der Waals surface area (Å²) < 4.78 is 38.4. The number of nitrogens with one attached hydrogen (secondary N) is 1. The lowest BCUT2D eigenvalue weighted by Gasteiger charge is -2.08. The molecule has 0 unspecified atom stereocenters. The molecule has 1 heterocycles. The molecular formula is C12H11F3N4O. The summed E-state index contributed by atoms with van der Waals surface area (Å²) in [6.45, 7) is 0. The molecular weight excluding hydrogens is 273 g/mol. The van der Waals surface area contributed by atoms with E-state index in [2.05, 4.69) is 10.4 Å². The van der Waals surface area contributed by atoms with Crippen LogP contribution in [0.25, 0.3) is 5.69 Å². The lowest BCUT2D eigenvalue weighted by Crippen LogP contribution is -2.18. The Morgan fingerprint density at radius 3 is 2.55 bits per heavy atom. The zero-order valence-electron chi connectivity index (χ0n) is 10.4. The summed E-state index contributed by atoms with van der Waals surface area (Å²) in [6, 6.07) is 5.13. The number of nitrogens with zero attached hydrogens (tertiary/aromatic N) is 2. The quantitative estimate of drug-likeness (QED) is 0.826. The summed E-state index contributed by atoms with van der Waals surface area (Å²) in [6.07, 6.45) is -3.35. The van der Waals surface area contributed by atoms with Crippen molar-refractivity contribution in [2.24, 2.45) is 0 Å². The lowest BCUT2D eigenvalue weighted by molar-refractivity contribution is -0.141. The van der Waals surface area contributed by atoms with Crippen molar-refractivity contribution >= 4 is 11.6 Å². The van der Waals surface area contributed by atoms with Crippen molar-refractivity contribution < 1.29 is 18.0 Å². The van der Waals surface area contributed by atoms with Crippen LogP contribution in [-0.2, 0) is 6.18 Å². The predicted octanol–water partition coefficient (Wildman–Crippen LogP) is 1.83. The zero-order chi connectivity index (χ0) is 14.9. The maximum atomic E-state index is 12.5. The Labute approximate surface area is 112 Å². The van der Waals surface area contributed by atoms with Crippen LogP contribution in [0.2, 0.25) is 0 Å². The summed E-state index contributed by atoms with van der Waals surface area (Å²) in [5.41, 5.74) is 5.48. The van der Waals surface area contributed by atoms with Gasteiger partial charge in [-0.1, -0.05) is 0 Å². The Morgan fingerprint density at radius 1 is 1.35 bits per heavy atom. The predicted molar refractivity (Wildman–Crippen MR) is 66.4 cm³/mol. The van der Waals surface area contributed by atoms with E-state index in [1.807, 2.05) is 0 Å². The number of carbonyl (C=O) groups is 1. The van der Waals surface area contributed by atoms with Crippen molar-refractivity contribution in [2.75, 3.05) is 12.8 Å². The van der Waals surface area contributed by atoms with Crippen LogP contribution in [0.15, 0.2) is 30.5 Å². The largest absolute Gasteiger partial charge is 0.435 e. The fourth-order valence-corrected chi connectivity index (χ4v) is 1.66. The van der Waals surface area contributed by atoms with E-state index in [9.17, 15) is 18.0 Å². The van der Waals surface area contributed by atoms with Gasteiger partial charge in [0, 0.05) is 18.8 Å². The van der Waals surface area contributed by atoms with Crippen molar-refractivity contribution in [2.45, 2.75) is 6.18 Å². The van der Waals surface area contributed by atoms with Crippen LogP contribution in [0.5, 0.6) is 0 Å². The van der Waals surface area contributed by atoms with Crippen molar-refractivity contribution in [3.05, 3.63) is 41.7 Å². The molecule has 1 amide bonds. The third-order valence-corrected chi connectivity index (χ3v) is 2.64. The van der Waals surface area contributed by atoms with Gasteiger partial charge in [0.1, 0.15) is 0 Å². The molecule has 0 saturated heterocycles. The van der Waals surface area contributed by atoms with E-state index in [4.69, 9.17) is 5.73 Å². The minimum absolute atomic E-state index is 0.155. The van der Waals surface area contributed by atoms with E-state index >= 15 is 0 Å². The molecule has 8 heteroatoms. The van der Waals surface area contributed by atoms with E-state index in [1.165, 1.54) is 25.2 Å². The number of alkyl halides is 3. The summed E-state index contributed by atoms with van der Waals surface area (Å²) in [4.78, 5) is 11.4. The Balaban J connectivity index is 2.39. The third kappa shape index (κ3) is 2.58. The molecule has 0 aliphatic carbocycles. The van der Waals surface area contributed by atoms with Gasteiger partial charge in [-0.25, -0.2) is 4.68 Å². The molecule has 0 aliphatic heterocycles. The van der Waals surface area contributed by atoms with Gasteiger partial charge < -0.3 is 11.1 Å². The van der Waals surface area contributed by atoms with Gasteiger partial charge in [0.15, 0.2) is 5.69 Å². The number of halogens is 3. The van der Waals surface area contributed by atoms with E-state index in [0.29, 0.717) is 5.56 Å². The van der Waals surface area contributed by atoms with Gasteiger partial charge in [0.2, 0.25) is 0 Å². The van der Waals surface area contributed by atoms with Crippen LogP contribution in [0, 0.1) is 0 Å². The maximum absolute atomic E-state index is 12.5. The second kappa shape index (κ2) is 4.87. The average molecular weight is 284 g/mol. The summed E-state index contributed by atoms with van der Waals surface area (Å²) in [7, 11) is 1.47. The molecule has 0 aliphatic rings. The molecule has 0 saturated carbocycles. The number of rotatable bonds is 2. The SMILES string of the molecule is CNC(=O)c1ccc(-n2ccc(C(F)(F)F)n2)c(N)c1. The highest BCUT2D eigenvalue weighted by atomic mass is 19.4. The monoisotopic (exact) mass is 284 g/mol. The molecule has 106 valence electrons. The second-order valence-corrected chi connectivity index (χ2v) is 4.00. The number of benzene rings is 1. The fraction of sp³-hybridized carbons (Fsp3) is 0.167. The highest BCUT2D eigenvalue weighted by Crippen LogP contribution is 2.28. The van der Waals surface area contributed by atoms with Gasteiger partial charge >= 0.3 is 6.18 Å². The number of hydrogen-bond acceptors (Lipinski definition) is 3. The molecule has 0 bridgehead atoms. The molecule has 5 nitrogen and oxygen atoms in total. The number of amides is 1. The second-order valence-electron chi connectivity index (χ2n) is 4.00. The van der Waals surface area contributed by atoms with Gasteiger partial charge in [-0.2, -0.15) is 18.3 Å². The van der Waals surface area contributed by atoms with E-state index in [-0.39, 0.29) is 17.3 Å². The minimum Gasteiger partial charge on any atom is -0.397 e. The van der Waals surface area contributed by atoms with E-state index < -0.39 is 11.9 Å². The molecule has 3 N–H and O–H groups in total. The topological polar surface area (TPSA) is 72.9 Å². The van der Waals surface area contributed by atoms with Gasteiger partial charge in [-0.3, -0.25) is 4.79 Å². The third-order valence-electron chi connectivity index (χ3n) is 2.64. The van der Waals surface area contributed by atoms with Crippen molar-refractivity contribution in [3.63, 3.8) is 0 Å². The number of nitrogens with two attached hydrogens (primary N) is 1. The normalized spacial score (nSPS) is 11.4. The molecule has 0 fully saturated rings. The van der Waals surface area contributed by atoms with Crippen molar-refractivity contribution in [1.82, 2.24) is 15.1 Å². The number of hydrogen-bond donors (Lipinski definition) is 2. The first-order valence-electron chi connectivity index (χ1n) is 5.58. The van der Waals surface area contributed by atoms with Crippen molar-refractivity contribution in [3.8, 4) is 5.69 Å². The Bertz CT molecular complexity index is 648. The van der Waals surface area contributed by atoms with Gasteiger partial charge in [-0.05, 0) is 24.3 Å². The first-order chi connectivity index (χ1) is 9.32. The van der Waals surface area contributed by atoms with Crippen LogP contribution in [-0.4, -0.2) is 22.7 Å². The zero-order valence-corrected chi connectivity index (χ0v) is 10.4. The molecule has 2 rings (SSSR count). The molecule has 1 aromatic carbocycles. The van der Waals surface area contributed by atoms with Crippen LogP contribution >= 0.6 is 0 Å². The highest BCUT2D eigenvalue weighted by Gasteiger charge is 2.33. The number of anilines is 1. The molecule has 1 aromatic heterocycles. The van der Waals surface area contributed by atoms with Crippen LogP contribution in [0.4, 0.5) is 18.9 Å². The molecule has 2 aromatic rings. The number of carbonyl (C=O) groups excluding carboxylic acids is 1. The van der Waals surface area contributed by atoms with Gasteiger partial charge in [-0.15, -0.1) is 0 Å². The van der Waals surface area contributed by atoms with Gasteiger partial charge in [0.05, 0.1) is 11.4 Å². The summed E-state index contributed by atoms with van der Waals surface area (Å²) in [5.74, 6) is -0.334. The van der Waals surface area contributed by atoms with Crippen LogP contribution in [0.1, 0.15) is 16.1 Å². The Hall–Kier alpha value is -2.51. The summed E-state index contributed by atoms with van der Waals surface area (Å²) >= 11 is 0. The molecule has 20 heavy (non-hydrogen) atoms.